The number of benzene rings is 2. The summed E-state index contributed by atoms with van der Waals surface area (Å²) in [5, 5.41) is 10.5. The Labute approximate surface area is 153 Å². The van der Waals surface area contributed by atoms with Crippen LogP contribution in [-0.4, -0.2) is 36.2 Å². The summed E-state index contributed by atoms with van der Waals surface area (Å²) in [6.45, 7) is 3.43. The van der Waals surface area contributed by atoms with Gasteiger partial charge in [0.05, 0.1) is 12.7 Å². The maximum absolute atomic E-state index is 13.0. The zero-order valence-electron chi connectivity index (χ0n) is 14.8. The average Bonchev–Trinajstić information content (AvgIpc) is 2.67. The van der Waals surface area contributed by atoms with Crippen LogP contribution in [0, 0.1) is 17.6 Å². The van der Waals surface area contributed by atoms with Crippen molar-refractivity contribution >= 4 is 0 Å². The predicted octanol–water partition coefficient (Wildman–Crippen LogP) is 4.18. The van der Waals surface area contributed by atoms with E-state index in [1.807, 2.05) is 0 Å². The number of rotatable bonds is 7. The summed E-state index contributed by atoms with van der Waals surface area (Å²) < 4.78 is 31.5. The standard InChI is InChI=1S/C21H25F2NO2/c22-18-4-2-16(3-5-18)21(25)17-10-13-24(14-11-17)12-1-15-26-20-8-6-19(23)7-9-20/h2-9,17,21,25H,1,10-15H2. The van der Waals surface area contributed by atoms with Crippen molar-refractivity contribution in [2.45, 2.75) is 25.4 Å². The molecule has 0 radical (unpaired) electrons. The number of ether oxygens (including phenoxy) is 1. The van der Waals surface area contributed by atoms with Gasteiger partial charge in [-0.05, 0) is 80.2 Å². The molecule has 3 nitrogen and oxygen atoms in total. The molecule has 0 amide bonds. The number of aliphatic hydroxyl groups excluding tert-OH is 1. The van der Waals surface area contributed by atoms with Crippen molar-refractivity contribution in [2.75, 3.05) is 26.2 Å². The van der Waals surface area contributed by atoms with E-state index in [0.717, 1.165) is 44.5 Å². The van der Waals surface area contributed by atoms with Gasteiger partial charge in [-0.25, -0.2) is 8.78 Å². The summed E-state index contributed by atoms with van der Waals surface area (Å²) >= 11 is 0. The largest absolute Gasteiger partial charge is 0.494 e. The van der Waals surface area contributed by atoms with Gasteiger partial charge in [0.2, 0.25) is 0 Å². The third-order valence-electron chi connectivity index (χ3n) is 4.99. The normalized spacial score (nSPS) is 17.2. The first-order valence-electron chi connectivity index (χ1n) is 9.16. The number of halogens is 2. The number of likely N-dealkylation sites (tertiary alicyclic amines) is 1. The Morgan fingerprint density at radius 1 is 0.962 bits per heavy atom. The van der Waals surface area contributed by atoms with Crippen LogP contribution in [-0.2, 0) is 0 Å². The molecular formula is C21H25F2NO2. The van der Waals surface area contributed by atoms with Crippen molar-refractivity contribution in [2.24, 2.45) is 5.92 Å². The molecule has 140 valence electrons. The van der Waals surface area contributed by atoms with Gasteiger partial charge < -0.3 is 14.7 Å². The van der Waals surface area contributed by atoms with E-state index in [2.05, 4.69) is 4.90 Å². The first-order chi connectivity index (χ1) is 12.6. The molecule has 0 aliphatic carbocycles. The Bertz CT molecular complexity index is 667. The van der Waals surface area contributed by atoms with E-state index in [0.29, 0.717) is 12.4 Å². The fourth-order valence-corrected chi connectivity index (χ4v) is 3.43. The highest BCUT2D eigenvalue weighted by atomic mass is 19.1. The Kier molecular flexibility index (Phi) is 6.58. The minimum Gasteiger partial charge on any atom is -0.494 e. The molecule has 0 aromatic heterocycles. The summed E-state index contributed by atoms with van der Waals surface area (Å²) in [5.74, 6) is 0.362. The maximum Gasteiger partial charge on any atom is 0.123 e. The quantitative estimate of drug-likeness (QED) is 0.751. The third-order valence-corrected chi connectivity index (χ3v) is 4.99. The van der Waals surface area contributed by atoms with Crippen LogP contribution in [0.25, 0.3) is 0 Å². The van der Waals surface area contributed by atoms with E-state index >= 15 is 0 Å². The van der Waals surface area contributed by atoms with Crippen LogP contribution in [0.2, 0.25) is 0 Å². The molecule has 1 aliphatic heterocycles. The first-order valence-corrected chi connectivity index (χ1v) is 9.16. The van der Waals surface area contributed by atoms with Gasteiger partial charge >= 0.3 is 0 Å². The van der Waals surface area contributed by atoms with Gasteiger partial charge in [-0.3, -0.25) is 0 Å². The van der Waals surface area contributed by atoms with Crippen LogP contribution in [0.5, 0.6) is 5.75 Å². The molecule has 5 heteroatoms. The molecule has 1 heterocycles. The smallest absolute Gasteiger partial charge is 0.123 e. The fraction of sp³-hybridized carbons (Fsp3) is 0.429. The van der Waals surface area contributed by atoms with Gasteiger partial charge in [-0.15, -0.1) is 0 Å². The molecule has 0 spiro atoms. The van der Waals surface area contributed by atoms with Crippen molar-refractivity contribution in [3.63, 3.8) is 0 Å². The Hall–Kier alpha value is -1.98. The van der Waals surface area contributed by atoms with Crippen molar-refractivity contribution in [1.82, 2.24) is 4.90 Å². The second kappa shape index (κ2) is 9.10. The van der Waals surface area contributed by atoms with E-state index in [1.165, 1.54) is 24.3 Å². The third kappa shape index (κ3) is 5.26. The predicted molar refractivity (Wildman–Crippen MR) is 97.0 cm³/mol. The molecular weight excluding hydrogens is 336 g/mol. The lowest BCUT2D eigenvalue weighted by Gasteiger charge is -2.34. The van der Waals surface area contributed by atoms with Crippen molar-refractivity contribution in [3.05, 3.63) is 65.7 Å². The molecule has 2 aromatic carbocycles. The molecule has 0 saturated carbocycles. The minimum absolute atomic E-state index is 0.215. The molecule has 1 fully saturated rings. The van der Waals surface area contributed by atoms with Gasteiger partial charge in [0.15, 0.2) is 0 Å². The molecule has 26 heavy (non-hydrogen) atoms. The number of aliphatic hydroxyl groups is 1. The van der Waals surface area contributed by atoms with Crippen molar-refractivity contribution < 1.29 is 18.6 Å². The molecule has 2 aromatic rings. The lowest BCUT2D eigenvalue weighted by molar-refractivity contribution is 0.0574. The first kappa shape index (κ1) is 18.8. The van der Waals surface area contributed by atoms with Crippen molar-refractivity contribution in [3.8, 4) is 5.75 Å². The SMILES string of the molecule is OC(c1ccc(F)cc1)C1CCN(CCCOc2ccc(F)cc2)CC1. The molecule has 3 rings (SSSR count). The van der Waals surface area contributed by atoms with E-state index in [1.54, 1.807) is 24.3 Å². The van der Waals surface area contributed by atoms with E-state index in [9.17, 15) is 13.9 Å². The van der Waals surface area contributed by atoms with Gasteiger partial charge in [-0.2, -0.15) is 0 Å². The average molecular weight is 361 g/mol. The van der Waals surface area contributed by atoms with Gasteiger partial charge in [0.1, 0.15) is 17.4 Å². The van der Waals surface area contributed by atoms with Crippen LogP contribution in [0.3, 0.4) is 0 Å². The van der Waals surface area contributed by atoms with Crippen LogP contribution in [0.4, 0.5) is 8.78 Å². The Morgan fingerprint density at radius 2 is 1.54 bits per heavy atom. The second-order valence-electron chi connectivity index (χ2n) is 6.83. The summed E-state index contributed by atoms with van der Waals surface area (Å²) in [4.78, 5) is 2.38. The summed E-state index contributed by atoms with van der Waals surface area (Å²) in [6, 6.07) is 12.2. The van der Waals surface area contributed by atoms with Crippen LogP contribution >= 0.6 is 0 Å². The lowest BCUT2D eigenvalue weighted by atomic mass is 9.87. The highest BCUT2D eigenvalue weighted by molar-refractivity contribution is 5.22. The minimum atomic E-state index is -0.528. The van der Waals surface area contributed by atoms with Crippen LogP contribution in [0.15, 0.2) is 48.5 Å². The summed E-state index contributed by atoms with van der Waals surface area (Å²) in [6.07, 6.45) is 2.23. The number of hydrogen-bond acceptors (Lipinski definition) is 3. The summed E-state index contributed by atoms with van der Waals surface area (Å²) in [5.41, 5.74) is 0.789. The number of piperidine rings is 1. The highest BCUT2D eigenvalue weighted by Gasteiger charge is 2.26. The second-order valence-corrected chi connectivity index (χ2v) is 6.83. The topological polar surface area (TPSA) is 32.7 Å². The van der Waals surface area contributed by atoms with Crippen molar-refractivity contribution in [1.29, 1.82) is 0 Å². The Balaban J connectivity index is 1.35. The molecule has 1 N–H and O–H groups in total. The monoisotopic (exact) mass is 361 g/mol. The van der Waals surface area contributed by atoms with Gasteiger partial charge in [-0.1, -0.05) is 12.1 Å². The molecule has 1 aliphatic rings. The number of hydrogen-bond donors (Lipinski definition) is 1. The van der Waals surface area contributed by atoms with E-state index in [-0.39, 0.29) is 17.6 Å². The highest BCUT2D eigenvalue weighted by Crippen LogP contribution is 2.30. The fourth-order valence-electron chi connectivity index (χ4n) is 3.43. The van der Waals surface area contributed by atoms with E-state index in [4.69, 9.17) is 4.74 Å². The number of nitrogens with zero attached hydrogens (tertiary/aromatic N) is 1. The van der Waals surface area contributed by atoms with Crippen LogP contribution in [0.1, 0.15) is 30.9 Å². The molecule has 0 bridgehead atoms. The zero-order valence-corrected chi connectivity index (χ0v) is 14.8. The molecule has 1 saturated heterocycles. The molecule has 1 atom stereocenters. The summed E-state index contributed by atoms with van der Waals surface area (Å²) in [7, 11) is 0. The lowest BCUT2D eigenvalue weighted by Crippen LogP contribution is -2.36. The van der Waals surface area contributed by atoms with Gasteiger partial charge in [0.25, 0.3) is 0 Å². The van der Waals surface area contributed by atoms with Crippen LogP contribution < -0.4 is 4.74 Å². The van der Waals surface area contributed by atoms with Gasteiger partial charge in [0, 0.05) is 6.54 Å². The molecule has 1 unspecified atom stereocenters. The zero-order chi connectivity index (χ0) is 18.4. The maximum atomic E-state index is 13.0. The Morgan fingerprint density at radius 3 is 2.15 bits per heavy atom. The van der Waals surface area contributed by atoms with E-state index < -0.39 is 6.10 Å².